The second-order valence-electron chi connectivity index (χ2n) is 6.84. The SMILES string of the molecule is CCCC1NC(=O)C(C)N(C2CC(C)CC(C)C2)C1=O. The molecule has 0 aromatic carbocycles. The molecular formula is C16H28N2O2. The van der Waals surface area contributed by atoms with E-state index < -0.39 is 0 Å². The molecule has 2 fully saturated rings. The fourth-order valence-electron chi connectivity index (χ4n) is 3.96. The summed E-state index contributed by atoms with van der Waals surface area (Å²) in [7, 11) is 0. The van der Waals surface area contributed by atoms with E-state index in [-0.39, 0.29) is 29.9 Å². The highest BCUT2D eigenvalue weighted by molar-refractivity contribution is 5.96. The highest BCUT2D eigenvalue weighted by Gasteiger charge is 2.42. The van der Waals surface area contributed by atoms with E-state index in [4.69, 9.17) is 0 Å². The number of hydrogen-bond donors (Lipinski definition) is 1. The van der Waals surface area contributed by atoms with Crippen LogP contribution in [0.5, 0.6) is 0 Å². The van der Waals surface area contributed by atoms with Crippen molar-refractivity contribution < 1.29 is 9.59 Å². The van der Waals surface area contributed by atoms with Crippen LogP contribution < -0.4 is 5.32 Å². The molecule has 0 bridgehead atoms. The van der Waals surface area contributed by atoms with Gasteiger partial charge >= 0.3 is 0 Å². The van der Waals surface area contributed by atoms with Gasteiger partial charge in [0.05, 0.1) is 0 Å². The summed E-state index contributed by atoms with van der Waals surface area (Å²) < 4.78 is 0. The van der Waals surface area contributed by atoms with Crippen molar-refractivity contribution in [2.75, 3.05) is 0 Å². The van der Waals surface area contributed by atoms with E-state index in [0.717, 1.165) is 25.7 Å². The molecule has 0 aromatic rings. The van der Waals surface area contributed by atoms with Crippen molar-refractivity contribution in [2.24, 2.45) is 11.8 Å². The fourth-order valence-corrected chi connectivity index (χ4v) is 3.96. The van der Waals surface area contributed by atoms with Gasteiger partial charge in [-0.05, 0) is 44.4 Å². The van der Waals surface area contributed by atoms with Crippen LogP contribution in [0.1, 0.15) is 59.8 Å². The monoisotopic (exact) mass is 280 g/mol. The van der Waals surface area contributed by atoms with Gasteiger partial charge in [0.1, 0.15) is 12.1 Å². The summed E-state index contributed by atoms with van der Waals surface area (Å²) in [5.74, 6) is 1.41. The van der Waals surface area contributed by atoms with E-state index >= 15 is 0 Å². The summed E-state index contributed by atoms with van der Waals surface area (Å²) in [4.78, 5) is 26.7. The number of carbonyl (C=O) groups is 2. The molecule has 2 aliphatic rings. The van der Waals surface area contributed by atoms with Gasteiger partial charge in [-0.2, -0.15) is 0 Å². The topological polar surface area (TPSA) is 49.4 Å². The van der Waals surface area contributed by atoms with Crippen molar-refractivity contribution in [3.05, 3.63) is 0 Å². The van der Waals surface area contributed by atoms with Crippen molar-refractivity contribution in [1.82, 2.24) is 10.2 Å². The quantitative estimate of drug-likeness (QED) is 0.862. The molecule has 0 radical (unpaired) electrons. The van der Waals surface area contributed by atoms with Crippen LogP contribution in [0.3, 0.4) is 0 Å². The minimum atomic E-state index is -0.321. The predicted molar refractivity (Wildman–Crippen MR) is 79.1 cm³/mol. The van der Waals surface area contributed by atoms with Crippen molar-refractivity contribution >= 4 is 11.8 Å². The molecule has 1 heterocycles. The molecule has 20 heavy (non-hydrogen) atoms. The Bertz CT molecular complexity index is 373. The molecule has 0 aromatic heterocycles. The molecular weight excluding hydrogens is 252 g/mol. The van der Waals surface area contributed by atoms with Crippen molar-refractivity contribution in [2.45, 2.75) is 77.9 Å². The first-order chi connectivity index (χ1) is 9.43. The molecule has 1 saturated heterocycles. The first kappa shape index (κ1) is 15.3. The standard InChI is InChI=1S/C16H28N2O2/c1-5-6-14-16(20)18(12(4)15(19)17-14)13-8-10(2)7-11(3)9-13/h10-14H,5-9H2,1-4H3,(H,17,19). The van der Waals surface area contributed by atoms with Gasteiger partial charge in [-0.1, -0.05) is 27.2 Å². The number of nitrogens with zero attached hydrogens (tertiary/aromatic N) is 1. The summed E-state index contributed by atoms with van der Waals surface area (Å²) in [5.41, 5.74) is 0. The van der Waals surface area contributed by atoms with Gasteiger partial charge in [0.15, 0.2) is 0 Å². The molecule has 1 N–H and O–H groups in total. The minimum absolute atomic E-state index is 0.00827. The maximum Gasteiger partial charge on any atom is 0.246 e. The molecule has 4 nitrogen and oxygen atoms in total. The molecule has 1 aliphatic carbocycles. The van der Waals surface area contributed by atoms with E-state index in [1.807, 2.05) is 18.7 Å². The first-order valence-electron chi connectivity index (χ1n) is 8.06. The van der Waals surface area contributed by atoms with Crippen LogP contribution in [-0.4, -0.2) is 34.8 Å². The Hall–Kier alpha value is -1.06. The van der Waals surface area contributed by atoms with E-state index in [1.165, 1.54) is 6.42 Å². The molecule has 4 atom stereocenters. The van der Waals surface area contributed by atoms with Crippen LogP contribution in [0, 0.1) is 11.8 Å². The lowest BCUT2D eigenvalue weighted by Crippen LogP contribution is -2.65. The number of rotatable bonds is 3. The average molecular weight is 280 g/mol. The van der Waals surface area contributed by atoms with Gasteiger partial charge in [-0.3, -0.25) is 9.59 Å². The van der Waals surface area contributed by atoms with Crippen LogP contribution in [0.15, 0.2) is 0 Å². The van der Waals surface area contributed by atoms with Gasteiger partial charge in [-0.15, -0.1) is 0 Å². The summed E-state index contributed by atoms with van der Waals surface area (Å²) in [6.07, 6.45) is 4.96. The third-order valence-corrected chi connectivity index (χ3v) is 4.79. The molecule has 2 amide bonds. The van der Waals surface area contributed by atoms with E-state index in [9.17, 15) is 9.59 Å². The zero-order valence-corrected chi connectivity index (χ0v) is 13.2. The zero-order chi connectivity index (χ0) is 14.9. The second-order valence-corrected chi connectivity index (χ2v) is 6.84. The smallest absolute Gasteiger partial charge is 0.246 e. The van der Waals surface area contributed by atoms with Crippen LogP contribution >= 0.6 is 0 Å². The molecule has 4 unspecified atom stereocenters. The van der Waals surface area contributed by atoms with Gasteiger partial charge in [0, 0.05) is 6.04 Å². The Kier molecular flexibility index (Phi) is 4.71. The van der Waals surface area contributed by atoms with E-state index in [0.29, 0.717) is 11.8 Å². The molecule has 4 heteroatoms. The number of hydrogen-bond acceptors (Lipinski definition) is 2. The van der Waals surface area contributed by atoms with Gasteiger partial charge in [0.25, 0.3) is 0 Å². The Morgan fingerprint density at radius 3 is 2.25 bits per heavy atom. The normalized spacial score (nSPS) is 38.8. The number of carbonyl (C=O) groups excluding carboxylic acids is 2. The van der Waals surface area contributed by atoms with Crippen molar-refractivity contribution in [3.8, 4) is 0 Å². The molecule has 2 rings (SSSR count). The minimum Gasteiger partial charge on any atom is -0.343 e. The Balaban J connectivity index is 2.17. The third-order valence-electron chi connectivity index (χ3n) is 4.79. The zero-order valence-electron chi connectivity index (χ0n) is 13.2. The first-order valence-corrected chi connectivity index (χ1v) is 8.06. The number of piperazine rings is 1. The van der Waals surface area contributed by atoms with Crippen LogP contribution in [0.2, 0.25) is 0 Å². The number of nitrogens with one attached hydrogen (secondary N) is 1. The summed E-state index contributed by atoms with van der Waals surface area (Å²) in [5, 5.41) is 2.88. The lowest BCUT2D eigenvalue weighted by molar-refractivity contribution is -0.153. The van der Waals surface area contributed by atoms with Gasteiger partial charge in [0.2, 0.25) is 11.8 Å². The molecule has 0 spiro atoms. The van der Waals surface area contributed by atoms with Crippen LogP contribution in [0.4, 0.5) is 0 Å². The Labute approximate surface area is 122 Å². The maximum atomic E-state index is 12.7. The fraction of sp³-hybridized carbons (Fsp3) is 0.875. The molecule has 114 valence electrons. The largest absolute Gasteiger partial charge is 0.343 e. The number of amides is 2. The van der Waals surface area contributed by atoms with E-state index in [2.05, 4.69) is 19.2 Å². The summed E-state index contributed by atoms with van der Waals surface area (Å²) >= 11 is 0. The highest BCUT2D eigenvalue weighted by Crippen LogP contribution is 2.33. The van der Waals surface area contributed by atoms with Crippen LogP contribution in [0.25, 0.3) is 0 Å². The average Bonchev–Trinajstić information content (AvgIpc) is 2.35. The molecule has 1 aliphatic heterocycles. The Morgan fingerprint density at radius 1 is 1.10 bits per heavy atom. The molecule has 1 saturated carbocycles. The summed E-state index contributed by atoms with van der Waals surface area (Å²) in [6.45, 7) is 8.42. The summed E-state index contributed by atoms with van der Waals surface area (Å²) in [6, 6.07) is -0.393. The highest BCUT2D eigenvalue weighted by atomic mass is 16.2. The van der Waals surface area contributed by atoms with Crippen LogP contribution in [-0.2, 0) is 9.59 Å². The predicted octanol–water partition coefficient (Wildman–Crippen LogP) is 2.33. The van der Waals surface area contributed by atoms with Gasteiger partial charge < -0.3 is 10.2 Å². The lowest BCUT2D eigenvalue weighted by atomic mass is 9.79. The van der Waals surface area contributed by atoms with Crippen molar-refractivity contribution in [1.29, 1.82) is 0 Å². The van der Waals surface area contributed by atoms with Crippen molar-refractivity contribution in [3.63, 3.8) is 0 Å². The van der Waals surface area contributed by atoms with E-state index in [1.54, 1.807) is 0 Å². The van der Waals surface area contributed by atoms with Gasteiger partial charge in [-0.25, -0.2) is 0 Å². The lowest BCUT2D eigenvalue weighted by Gasteiger charge is -2.45. The Morgan fingerprint density at radius 2 is 1.70 bits per heavy atom. The third kappa shape index (κ3) is 2.99. The maximum absolute atomic E-state index is 12.7. The second kappa shape index (κ2) is 6.15.